The van der Waals surface area contributed by atoms with Gasteiger partial charge in [0, 0.05) is 24.5 Å². The second-order valence-electron chi connectivity index (χ2n) is 7.56. The molecule has 7 nitrogen and oxygen atoms in total. The zero-order valence-electron chi connectivity index (χ0n) is 19.1. The topological polar surface area (TPSA) is 90.0 Å². The number of nitrogens with zero attached hydrogens (tertiary/aromatic N) is 1. The van der Waals surface area contributed by atoms with Crippen LogP contribution in [0.1, 0.15) is 72.1 Å². The Bertz CT molecular complexity index is 580. The van der Waals surface area contributed by atoms with Gasteiger partial charge < -0.3 is 14.4 Å². The lowest BCUT2D eigenvalue weighted by atomic mass is 9.99. The minimum Gasteiger partial charge on any atom is -0.465 e. The van der Waals surface area contributed by atoms with Crippen LogP contribution in [0.3, 0.4) is 0 Å². The fraction of sp³-hybridized carbons (Fsp3) is 0.818. The van der Waals surface area contributed by atoms with E-state index < -0.39 is 12.0 Å². The third-order valence-corrected chi connectivity index (χ3v) is 7.43. The molecule has 0 aliphatic carbocycles. The highest BCUT2D eigenvalue weighted by Crippen LogP contribution is 2.22. The lowest BCUT2D eigenvalue weighted by molar-refractivity contribution is -0.149. The molecule has 178 valence electrons. The number of amides is 1. The van der Waals surface area contributed by atoms with Crippen molar-refractivity contribution in [2.45, 2.75) is 78.2 Å². The number of Topliss-reactive ketones (excluding diaryl/α,β-unsaturated/α-hetero) is 1. The van der Waals surface area contributed by atoms with Crippen LogP contribution in [0.5, 0.6) is 0 Å². The summed E-state index contributed by atoms with van der Waals surface area (Å²) in [7, 11) is 3.10. The van der Waals surface area contributed by atoms with Gasteiger partial charge in [-0.15, -0.1) is 0 Å². The maximum atomic E-state index is 12.4. The van der Waals surface area contributed by atoms with Crippen molar-refractivity contribution in [3.8, 4) is 0 Å². The summed E-state index contributed by atoms with van der Waals surface area (Å²) < 4.78 is 10.5. The molecular weight excluding hydrogens is 438 g/mol. The molecule has 0 unspecified atom stereocenters. The van der Waals surface area contributed by atoms with Crippen LogP contribution >= 0.6 is 21.6 Å². The molecule has 1 aliphatic heterocycles. The summed E-state index contributed by atoms with van der Waals surface area (Å²) in [6.07, 6.45) is 5.14. The van der Waals surface area contributed by atoms with Crippen molar-refractivity contribution in [2.75, 3.05) is 31.3 Å². The van der Waals surface area contributed by atoms with Gasteiger partial charge in [0.2, 0.25) is 5.91 Å². The molecule has 0 aromatic heterocycles. The highest BCUT2D eigenvalue weighted by Gasteiger charge is 2.32. The number of carbonyl (C=O) groups is 4. The monoisotopic (exact) mass is 475 g/mol. The molecule has 9 heteroatoms. The van der Waals surface area contributed by atoms with Crippen LogP contribution in [-0.4, -0.2) is 65.8 Å². The number of ketones is 1. The van der Waals surface area contributed by atoms with Crippen LogP contribution in [0, 0.1) is 5.92 Å². The SMILES string of the molecule is CCCC(CCC)C(=O)OCCSSCCOC(=O)CC(=O)[C@H](CC)N1CCCC1=O. The van der Waals surface area contributed by atoms with E-state index in [9.17, 15) is 19.2 Å². The summed E-state index contributed by atoms with van der Waals surface area (Å²) in [5.74, 6) is 0.354. The van der Waals surface area contributed by atoms with E-state index in [2.05, 4.69) is 13.8 Å². The van der Waals surface area contributed by atoms with E-state index in [4.69, 9.17) is 9.47 Å². The summed E-state index contributed by atoms with van der Waals surface area (Å²) in [5, 5.41) is 0. The zero-order valence-corrected chi connectivity index (χ0v) is 20.7. The number of hydrogen-bond donors (Lipinski definition) is 0. The maximum absolute atomic E-state index is 12.4. The van der Waals surface area contributed by atoms with E-state index in [1.807, 2.05) is 6.92 Å². The van der Waals surface area contributed by atoms with Crippen molar-refractivity contribution < 1.29 is 28.7 Å². The quantitative estimate of drug-likeness (QED) is 0.135. The molecule has 0 aromatic carbocycles. The molecule has 0 spiro atoms. The van der Waals surface area contributed by atoms with Crippen molar-refractivity contribution in [3.63, 3.8) is 0 Å². The van der Waals surface area contributed by atoms with Crippen molar-refractivity contribution in [3.05, 3.63) is 0 Å². The number of carbonyl (C=O) groups excluding carboxylic acids is 4. The average molecular weight is 476 g/mol. The molecule has 1 amide bonds. The van der Waals surface area contributed by atoms with Gasteiger partial charge >= 0.3 is 11.9 Å². The molecule has 1 aliphatic rings. The van der Waals surface area contributed by atoms with E-state index in [1.165, 1.54) is 10.8 Å². The maximum Gasteiger partial charge on any atom is 0.313 e. The molecule has 31 heavy (non-hydrogen) atoms. The first-order valence-corrected chi connectivity index (χ1v) is 13.8. The smallest absolute Gasteiger partial charge is 0.313 e. The average Bonchev–Trinajstić information content (AvgIpc) is 3.15. The Hall–Kier alpha value is -1.22. The van der Waals surface area contributed by atoms with Crippen LogP contribution in [0.4, 0.5) is 0 Å². The number of esters is 2. The fourth-order valence-electron chi connectivity index (χ4n) is 3.61. The van der Waals surface area contributed by atoms with Gasteiger partial charge in [0.1, 0.15) is 19.6 Å². The van der Waals surface area contributed by atoms with Gasteiger partial charge in [-0.1, -0.05) is 55.2 Å². The van der Waals surface area contributed by atoms with Crippen LogP contribution in [0.25, 0.3) is 0 Å². The summed E-state index contributed by atoms with van der Waals surface area (Å²) in [6, 6.07) is -0.524. The van der Waals surface area contributed by atoms with Gasteiger partial charge in [-0.3, -0.25) is 19.2 Å². The lowest BCUT2D eigenvalue weighted by Gasteiger charge is -2.25. The highest BCUT2D eigenvalue weighted by atomic mass is 33.1. The summed E-state index contributed by atoms with van der Waals surface area (Å²) in [5.41, 5.74) is 0. The lowest BCUT2D eigenvalue weighted by Crippen LogP contribution is -2.42. The Balaban J connectivity index is 2.11. The molecule has 0 saturated carbocycles. The van der Waals surface area contributed by atoms with Crippen LogP contribution in [0.15, 0.2) is 0 Å². The van der Waals surface area contributed by atoms with Crippen LogP contribution in [-0.2, 0) is 28.7 Å². The van der Waals surface area contributed by atoms with E-state index in [0.717, 1.165) is 32.1 Å². The Labute approximate surface area is 194 Å². The van der Waals surface area contributed by atoms with Gasteiger partial charge in [-0.2, -0.15) is 0 Å². The van der Waals surface area contributed by atoms with Gasteiger partial charge in [-0.05, 0) is 25.7 Å². The molecule has 1 atom stereocenters. The van der Waals surface area contributed by atoms with Crippen LogP contribution < -0.4 is 0 Å². The van der Waals surface area contributed by atoms with Crippen molar-refractivity contribution in [1.29, 1.82) is 0 Å². The van der Waals surface area contributed by atoms with Gasteiger partial charge in [0.15, 0.2) is 5.78 Å². The minimum atomic E-state index is -0.549. The van der Waals surface area contributed by atoms with Crippen molar-refractivity contribution >= 4 is 45.2 Å². The molecule has 1 rings (SSSR count). The molecule has 1 heterocycles. The van der Waals surface area contributed by atoms with E-state index in [0.29, 0.717) is 37.5 Å². The molecule has 0 bridgehead atoms. The van der Waals surface area contributed by atoms with E-state index >= 15 is 0 Å². The van der Waals surface area contributed by atoms with Gasteiger partial charge in [0.05, 0.1) is 12.0 Å². The number of likely N-dealkylation sites (tertiary alicyclic amines) is 1. The minimum absolute atomic E-state index is 0.00525. The van der Waals surface area contributed by atoms with Crippen molar-refractivity contribution in [2.24, 2.45) is 5.92 Å². The summed E-state index contributed by atoms with van der Waals surface area (Å²) in [6.45, 7) is 7.17. The molecule has 1 fully saturated rings. The Kier molecular flexibility index (Phi) is 14.7. The number of hydrogen-bond acceptors (Lipinski definition) is 8. The number of ether oxygens (including phenoxy) is 2. The van der Waals surface area contributed by atoms with Gasteiger partial charge in [-0.25, -0.2) is 0 Å². The standard InChI is InChI=1S/C22H37NO6S2/c1-4-8-17(9-5-2)22(27)29-13-15-31-30-14-12-28-21(26)16-19(24)18(6-3)23-11-7-10-20(23)25/h17-18H,4-16H2,1-3H3/t18-/m0/s1. The molecule has 1 saturated heterocycles. The largest absolute Gasteiger partial charge is 0.465 e. The fourth-order valence-corrected chi connectivity index (χ4v) is 5.26. The first-order chi connectivity index (χ1) is 14.9. The predicted octanol–water partition coefficient (Wildman–Crippen LogP) is 4.03. The molecule has 0 aromatic rings. The van der Waals surface area contributed by atoms with E-state index in [1.54, 1.807) is 15.7 Å². The van der Waals surface area contributed by atoms with Crippen molar-refractivity contribution in [1.82, 2.24) is 4.90 Å². The Morgan fingerprint density at radius 3 is 2.13 bits per heavy atom. The predicted molar refractivity (Wildman–Crippen MR) is 125 cm³/mol. The van der Waals surface area contributed by atoms with E-state index in [-0.39, 0.29) is 36.6 Å². The normalized spacial score (nSPS) is 14.7. The second kappa shape index (κ2) is 16.4. The Morgan fingerprint density at radius 1 is 1.00 bits per heavy atom. The zero-order chi connectivity index (χ0) is 23.1. The first-order valence-electron chi connectivity index (χ1n) is 11.3. The highest BCUT2D eigenvalue weighted by molar-refractivity contribution is 8.76. The van der Waals surface area contributed by atoms with Crippen LogP contribution in [0.2, 0.25) is 0 Å². The first kappa shape index (κ1) is 27.8. The summed E-state index contributed by atoms with van der Waals surface area (Å²) in [4.78, 5) is 49.8. The second-order valence-corrected chi connectivity index (χ2v) is 10.3. The summed E-state index contributed by atoms with van der Waals surface area (Å²) >= 11 is 0. The molecular formula is C22H37NO6S2. The third kappa shape index (κ3) is 10.8. The molecule has 0 N–H and O–H groups in total. The Morgan fingerprint density at radius 2 is 1.61 bits per heavy atom. The van der Waals surface area contributed by atoms with Gasteiger partial charge in [0.25, 0.3) is 0 Å². The number of rotatable bonds is 17. The third-order valence-electron chi connectivity index (χ3n) is 5.09. The molecule has 0 radical (unpaired) electrons.